The van der Waals surface area contributed by atoms with Crippen molar-refractivity contribution in [2.24, 2.45) is 0 Å². The number of anilines is 2. The molecule has 7 nitrogen and oxygen atoms in total. The van der Waals surface area contributed by atoms with Crippen LogP contribution in [0.15, 0.2) is 66.7 Å². The van der Waals surface area contributed by atoms with Crippen LogP contribution < -0.4 is 9.62 Å². The van der Waals surface area contributed by atoms with Gasteiger partial charge in [-0.15, -0.1) is 0 Å². The third-order valence-electron chi connectivity index (χ3n) is 4.98. The van der Waals surface area contributed by atoms with Crippen LogP contribution in [0.4, 0.5) is 11.5 Å². The molecule has 180 valence electrons. The number of aromatic nitrogens is 2. The Kier molecular flexibility index (Phi) is 8.38. The van der Waals surface area contributed by atoms with E-state index in [0.717, 1.165) is 21.6 Å². The molecule has 1 heterocycles. The summed E-state index contributed by atoms with van der Waals surface area (Å²) in [5.74, 6) is -0.331. The van der Waals surface area contributed by atoms with E-state index in [0.29, 0.717) is 27.7 Å². The third kappa shape index (κ3) is 6.19. The number of rotatable bonds is 8. The Morgan fingerprint density at radius 3 is 2.43 bits per heavy atom. The summed E-state index contributed by atoms with van der Waals surface area (Å²) < 4.78 is 32.3. The quantitative estimate of drug-likeness (QED) is 0.244. The maximum Gasteiger partial charge on any atom is 0.268 e. The molecule has 0 fully saturated rings. The molecule has 0 saturated heterocycles. The molecule has 0 spiro atoms. The minimum atomic E-state index is -2.57. The van der Waals surface area contributed by atoms with E-state index >= 15 is 0 Å². The summed E-state index contributed by atoms with van der Waals surface area (Å²) in [7, 11) is 0. The third-order valence-corrected chi connectivity index (χ3v) is 7.04. The molecule has 12 heteroatoms. The molecule has 35 heavy (non-hydrogen) atoms. The first kappa shape index (κ1) is 25.6. The van der Waals surface area contributed by atoms with Crippen molar-refractivity contribution in [3.05, 3.63) is 104 Å². The van der Waals surface area contributed by atoms with Gasteiger partial charge in [0.15, 0.2) is 5.82 Å². The first-order chi connectivity index (χ1) is 16.8. The van der Waals surface area contributed by atoms with Crippen molar-refractivity contribution in [1.29, 1.82) is 0 Å². The Balaban J connectivity index is 1.67. The largest absolute Gasteiger partial charge is 0.348 e. The summed E-state index contributed by atoms with van der Waals surface area (Å²) >= 11 is 16.7. The number of hydrogen-bond donors (Lipinski definition) is 2. The number of hydrogen-bond acceptors (Lipinski definition) is 5. The molecule has 0 aliphatic carbocycles. The summed E-state index contributed by atoms with van der Waals surface area (Å²) in [6.45, 7) is 0.122. The fourth-order valence-electron chi connectivity index (χ4n) is 3.33. The lowest BCUT2D eigenvalue weighted by Gasteiger charge is -2.21. The van der Waals surface area contributed by atoms with Crippen molar-refractivity contribution >= 4 is 75.2 Å². The van der Waals surface area contributed by atoms with Gasteiger partial charge in [-0.2, -0.15) is 8.75 Å². The SMILES string of the molecule is O=C(NCc1ccc(Cl)cc1Cl)c1ccc(Cl)cc1N(c1nsnc1Cc1ccccc1)S(=O)O. The highest BCUT2D eigenvalue weighted by molar-refractivity contribution is 7.81. The standard InChI is InChI=1S/C23H17Cl3N4O3S2/c24-16-7-6-15(19(26)11-16)13-27-23(31)18-9-8-17(25)12-21(18)30(35(32)33)22-20(28-34-29-22)10-14-4-2-1-3-5-14/h1-9,11-12H,10,13H2,(H,27,31)(H,32,33). The van der Waals surface area contributed by atoms with Gasteiger partial charge in [-0.25, -0.2) is 8.51 Å². The maximum absolute atomic E-state index is 13.1. The van der Waals surface area contributed by atoms with Crippen LogP contribution in [-0.4, -0.2) is 23.4 Å². The molecule has 0 saturated carbocycles. The summed E-state index contributed by atoms with van der Waals surface area (Å²) in [4.78, 5) is 13.1. The second-order valence-corrected chi connectivity index (χ2v) is 9.94. The zero-order valence-electron chi connectivity index (χ0n) is 17.8. The molecule has 3 aromatic carbocycles. The number of carbonyl (C=O) groups is 1. The Morgan fingerprint density at radius 2 is 1.71 bits per heavy atom. The number of halogens is 3. The highest BCUT2D eigenvalue weighted by atomic mass is 35.5. The van der Waals surface area contributed by atoms with E-state index in [-0.39, 0.29) is 28.6 Å². The second kappa shape index (κ2) is 11.5. The molecule has 0 bridgehead atoms. The van der Waals surface area contributed by atoms with E-state index in [1.54, 1.807) is 18.2 Å². The molecule has 2 N–H and O–H groups in total. The predicted octanol–water partition coefficient (Wildman–Crippen LogP) is 6.29. The minimum Gasteiger partial charge on any atom is -0.348 e. The van der Waals surface area contributed by atoms with Gasteiger partial charge in [0, 0.05) is 28.0 Å². The van der Waals surface area contributed by atoms with E-state index < -0.39 is 17.2 Å². The van der Waals surface area contributed by atoms with Gasteiger partial charge in [0.25, 0.3) is 17.2 Å². The molecule has 0 aliphatic heterocycles. The van der Waals surface area contributed by atoms with E-state index in [1.807, 2.05) is 30.3 Å². The van der Waals surface area contributed by atoms with Gasteiger partial charge in [0.2, 0.25) is 0 Å². The van der Waals surface area contributed by atoms with Gasteiger partial charge in [-0.3, -0.25) is 9.35 Å². The molecule has 0 radical (unpaired) electrons. The van der Waals surface area contributed by atoms with Gasteiger partial charge >= 0.3 is 0 Å². The Hall–Kier alpha value is -2.53. The Morgan fingerprint density at radius 1 is 1.00 bits per heavy atom. The van der Waals surface area contributed by atoms with Crippen LogP contribution in [0.25, 0.3) is 0 Å². The minimum absolute atomic E-state index is 0.111. The number of nitrogens with one attached hydrogen (secondary N) is 1. The Bertz CT molecular complexity index is 1390. The van der Waals surface area contributed by atoms with E-state index in [1.165, 1.54) is 18.2 Å². The molecule has 1 amide bonds. The molecular weight excluding hydrogens is 551 g/mol. The summed E-state index contributed by atoms with van der Waals surface area (Å²) in [5, 5.41) is 3.95. The van der Waals surface area contributed by atoms with Crippen molar-refractivity contribution in [3.8, 4) is 0 Å². The van der Waals surface area contributed by atoms with E-state index in [9.17, 15) is 13.6 Å². The van der Waals surface area contributed by atoms with E-state index in [4.69, 9.17) is 34.8 Å². The summed E-state index contributed by atoms with van der Waals surface area (Å²) in [6, 6.07) is 18.9. The zero-order valence-corrected chi connectivity index (χ0v) is 21.7. The first-order valence-corrected chi connectivity index (χ1v) is 13.0. The molecule has 0 aliphatic rings. The van der Waals surface area contributed by atoms with Crippen LogP contribution in [0.1, 0.15) is 27.2 Å². The predicted molar refractivity (Wildman–Crippen MR) is 141 cm³/mol. The highest BCUT2D eigenvalue weighted by Crippen LogP contribution is 2.34. The molecule has 4 rings (SSSR count). The van der Waals surface area contributed by atoms with Gasteiger partial charge in [-0.05, 0) is 41.5 Å². The van der Waals surface area contributed by atoms with Crippen molar-refractivity contribution in [2.75, 3.05) is 4.31 Å². The normalized spacial score (nSPS) is 11.8. The highest BCUT2D eigenvalue weighted by Gasteiger charge is 2.27. The van der Waals surface area contributed by atoms with Gasteiger partial charge in [0.05, 0.1) is 23.0 Å². The van der Waals surface area contributed by atoms with Gasteiger partial charge in [-0.1, -0.05) is 71.2 Å². The fraction of sp³-hybridized carbons (Fsp3) is 0.0870. The topological polar surface area (TPSA) is 95.4 Å². The van der Waals surface area contributed by atoms with Crippen LogP contribution in [0.5, 0.6) is 0 Å². The van der Waals surface area contributed by atoms with Crippen molar-refractivity contribution in [1.82, 2.24) is 14.1 Å². The average Bonchev–Trinajstić information content (AvgIpc) is 3.26. The molecule has 1 unspecified atom stereocenters. The Labute approximate surface area is 223 Å². The molecule has 1 atom stereocenters. The average molecular weight is 568 g/mol. The second-order valence-electron chi connectivity index (χ2n) is 7.30. The van der Waals surface area contributed by atoms with E-state index in [2.05, 4.69) is 14.1 Å². The summed E-state index contributed by atoms with van der Waals surface area (Å²) in [5.41, 5.74) is 2.34. The number of amides is 1. The summed E-state index contributed by atoms with van der Waals surface area (Å²) in [6.07, 6.45) is 0.386. The number of benzene rings is 3. The first-order valence-electron chi connectivity index (χ1n) is 10.1. The van der Waals surface area contributed by atoms with Crippen molar-refractivity contribution in [3.63, 3.8) is 0 Å². The van der Waals surface area contributed by atoms with Crippen LogP contribution in [0.3, 0.4) is 0 Å². The lowest BCUT2D eigenvalue weighted by Crippen LogP contribution is -2.28. The number of carbonyl (C=O) groups excluding carboxylic acids is 1. The van der Waals surface area contributed by atoms with Gasteiger partial charge < -0.3 is 5.32 Å². The smallest absolute Gasteiger partial charge is 0.268 e. The van der Waals surface area contributed by atoms with Crippen LogP contribution in [0.2, 0.25) is 15.1 Å². The fourth-order valence-corrected chi connectivity index (χ4v) is 5.19. The van der Waals surface area contributed by atoms with Crippen molar-refractivity contribution < 1.29 is 13.6 Å². The molecule has 1 aromatic heterocycles. The number of nitrogens with zero attached hydrogens (tertiary/aromatic N) is 3. The lowest BCUT2D eigenvalue weighted by molar-refractivity contribution is 0.0951. The monoisotopic (exact) mass is 566 g/mol. The molecule has 4 aromatic rings. The zero-order chi connectivity index (χ0) is 24.9. The lowest BCUT2D eigenvalue weighted by atomic mass is 10.1. The van der Waals surface area contributed by atoms with Crippen LogP contribution in [-0.2, 0) is 24.2 Å². The maximum atomic E-state index is 13.1. The van der Waals surface area contributed by atoms with Crippen LogP contribution >= 0.6 is 46.5 Å². The van der Waals surface area contributed by atoms with Crippen molar-refractivity contribution in [2.45, 2.75) is 13.0 Å². The molecular formula is C23H17Cl3N4O3S2. The van der Waals surface area contributed by atoms with Gasteiger partial charge in [0.1, 0.15) is 5.69 Å². The van der Waals surface area contributed by atoms with Crippen LogP contribution in [0, 0.1) is 0 Å².